The largest absolute Gasteiger partial charge is 0.455 e. The van der Waals surface area contributed by atoms with Crippen LogP contribution in [0, 0.1) is 11.8 Å². The highest BCUT2D eigenvalue weighted by molar-refractivity contribution is 6.84. The van der Waals surface area contributed by atoms with Crippen LogP contribution in [0.25, 0.3) is 0 Å². The molecular weight excluding hydrogens is 344 g/mol. The van der Waals surface area contributed by atoms with Crippen LogP contribution in [0.15, 0.2) is 0 Å². The Morgan fingerprint density at radius 3 is 2.08 bits per heavy atom. The summed E-state index contributed by atoms with van der Waals surface area (Å²) in [6.07, 6.45) is 10.9. The van der Waals surface area contributed by atoms with Crippen LogP contribution < -0.4 is 0 Å². The number of ether oxygens (including phenoxy) is 2. The Kier molecular flexibility index (Phi) is 6.52. The highest BCUT2D eigenvalue weighted by Gasteiger charge is 2.44. The topological polar surface area (TPSA) is 31.0 Å². The van der Waals surface area contributed by atoms with E-state index in [1.807, 2.05) is 0 Å². The van der Waals surface area contributed by atoms with Crippen molar-refractivity contribution >= 4 is 16.6 Å². The maximum absolute atomic E-state index is 6.89. The molecule has 0 bridgehead atoms. The fourth-order valence-electron chi connectivity index (χ4n) is 5.06. The molecule has 25 heavy (non-hydrogen) atoms. The van der Waals surface area contributed by atoms with Gasteiger partial charge in [-0.15, -0.1) is 0 Å². The SMILES string of the molecule is CC1CC(CC[Si](C)(C)O[Si](C)(C)CCC2CCC3OC3C2)CCO1. The van der Waals surface area contributed by atoms with Crippen LogP contribution in [0.2, 0.25) is 38.3 Å². The molecule has 2 saturated heterocycles. The fourth-order valence-corrected chi connectivity index (χ4v) is 14.1. The van der Waals surface area contributed by atoms with Crippen molar-refractivity contribution in [1.29, 1.82) is 0 Å². The van der Waals surface area contributed by atoms with Crippen molar-refractivity contribution in [3.05, 3.63) is 0 Å². The van der Waals surface area contributed by atoms with E-state index in [4.69, 9.17) is 13.6 Å². The summed E-state index contributed by atoms with van der Waals surface area (Å²) in [7, 11) is -3.08. The first-order valence-electron chi connectivity index (χ1n) is 10.7. The summed E-state index contributed by atoms with van der Waals surface area (Å²) in [6, 6.07) is 2.65. The highest BCUT2D eigenvalue weighted by atomic mass is 28.4. The summed E-state index contributed by atoms with van der Waals surface area (Å²) in [5, 5.41) is 0. The second-order valence-electron chi connectivity index (χ2n) is 10.2. The number of epoxide rings is 1. The Labute approximate surface area is 157 Å². The molecule has 5 unspecified atom stereocenters. The molecule has 0 aromatic rings. The average molecular weight is 385 g/mol. The summed E-state index contributed by atoms with van der Waals surface area (Å²) < 4.78 is 18.3. The minimum absolute atomic E-state index is 0.459. The van der Waals surface area contributed by atoms with E-state index in [0.29, 0.717) is 18.3 Å². The molecule has 0 aromatic heterocycles. The Morgan fingerprint density at radius 1 is 0.840 bits per heavy atom. The monoisotopic (exact) mass is 384 g/mol. The molecular formula is C20H40O3Si2. The van der Waals surface area contributed by atoms with Crippen molar-refractivity contribution in [3.8, 4) is 0 Å². The van der Waals surface area contributed by atoms with Gasteiger partial charge in [0.25, 0.3) is 0 Å². The van der Waals surface area contributed by atoms with Gasteiger partial charge in [-0.05, 0) is 89.1 Å². The molecule has 5 atom stereocenters. The first-order chi connectivity index (χ1) is 11.7. The normalized spacial score (nSPS) is 36.1. The van der Waals surface area contributed by atoms with E-state index in [0.717, 1.165) is 18.4 Å². The van der Waals surface area contributed by atoms with E-state index in [1.54, 1.807) is 0 Å². The lowest BCUT2D eigenvalue weighted by atomic mass is 9.88. The van der Waals surface area contributed by atoms with Crippen LogP contribution in [0.4, 0.5) is 0 Å². The maximum atomic E-state index is 6.89. The quantitative estimate of drug-likeness (QED) is 0.404. The molecule has 0 spiro atoms. The van der Waals surface area contributed by atoms with Gasteiger partial charge in [-0.2, -0.15) is 0 Å². The molecule has 2 aliphatic heterocycles. The van der Waals surface area contributed by atoms with Gasteiger partial charge < -0.3 is 13.6 Å². The molecule has 3 aliphatic rings. The molecule has 1 aliphatic carbocycles. The number of hydrogen-bond donors (Lipinski definition) is 0. The lowest BCUT2D eigenvalue weighted by Gasteiger charge is -2.36. The molecule has 0 amide bonds. The zero-order valence-electron chi connectivity index (χ0n) is 17.2. The summed E-state index contributed by atoms with van der Waals surface area (Å²) >= 11 is 0. The van der Waals surface area contributed by atoms with Crippen LogP contribution in [0.1, 0.15) is 51.9 Å². The summed E-state index contributed by atoms with van der Waals surface area (Å²) in [4.78, 5) is 0. The minimum Gasteiger partial charge on any atom is -0.455 e. The molecule has 0 N–H and O–H groups in total. The average Bonchev–Trinajstić information content (AvgIpc) is 3.29. The Balaban J connectivity index is 1.38. The fraction of sp³-hybridized carbons (Fsp3) is 1.00. The predicted molar refractivity (Wildman–Crippen MR) is 109 cm³/mol. The molecule has 1 saturated carbocycles. The van der Waals surface area contributed by atoms with E-state index in [1.165, 1.54) is 57.0 Å². The van der Waals surface area contributed by atoms with Crippen molar-refractivity contribution in [2.24, 2.45) is 11.8 Å². The van der Waals surface area contributed by atoms with E-state index < -0.39 is 16.6 Å². The third kappa shape index (κ3) is 6.45. The Morgan fingerprint density at radius 2 is 1.48 bits per heavy atom. The van der Waals surface area contributed by atoms with Crippen LogP contribution in [-0.2, 0) is 13.6 Å². The number of fused-ring (bicyclic) bond motifs is 1. The highest BCUT2D eigenvalue weighted by Crippen LogP contribution is 2.42. The van der Waals surface area contributed by atoms with Crippen molar-refractivity contribution in [2.45, 2.75) is 108 Å². The molecule has 3 nitrogen and oxygen atoms in total. The number of hydrogen-bond acceptors (Lipinski definition) is 3. The van der Waals surface area contributed by atoms with Gasteiger partial charge in [0, 0.05) is 6.61 Å². The zero-order valence-corrected chi connectivity index (χ0v) is 19.2. The summed E-state index contributed by atoms with van der Waals surface area (Å²) in [5.74, 6) is 1.75. The lowest BCUT2D eigenvalue weighted by molar-refractivity contribution is 0.00176. The molecule has 5 heteroatoms. The molecule has 0 aromatic carbocycles. The lowest BCUT2D eigenvalue weighted by Crippen LogP contribution is -2.44. The first kappa shape index (κ1) is 20.1. The van der Waals surface area contributed by atoms with Gasteiger partial charge in [0.15, 0.2) is 16.6 Å². The van der Waals surface area contributed by atoms with Gasteiger partial charge in [0.2, 0.25) is 0 Å². The van der Waals surface area contributed by atoms with Gasteiger partial charge in [-0.25, -0.2) is 0 Å². The standard InChI is InChI=1S/C20H40O3Si2/c1-16-14-18(8-11-21-16)10-13-25(4,5)23-24(2,3)12-9-17-6-7-19-20(15-17)22-19/h16-20H,6-15H2,1-5H3. The minimum atomic E-state index is -1.54. The van der Waals surface area contributed by atoms with Crippen LogP contribution in [0.5, 0.6) is 0 Å². The van der Waals surface area contributed by atoms with Gasteiger partial charge in [-0.1, -0.05) is 12.8 Å². The van der Waals surface area contributed by atoms with Crippen LogP contribution in [0.3, 0.4) is 0 Å². The third-order valence-corrected chi connectivity index (χ3v) is 14.0. The number of rotatable bonds is 8. The van der Waals surface area contributed by atoms with Crippen LogP contribution >= 0.6 is 0 Å². The molecule has 0 radical (unpaired) electrons. The molecule has 146 valence electrons. The first-order valence-corrected chi connectivity index (χ1v) is 16.9. The molecule has 3 rings (SSSR count). The van der Waals surface area contributed by atoms with Gasteiger partial charge in [-0.3, -0.25) is 0 Å². The summed E-state index contributed by atoms with van der Waals surface area (Å²) in [6.45, 7) is 13.0. The van der Waals surface area contributed by atoms with Crippen molar-refractivity contribution < 1.29 is 13.6 Å². The molecule has 2 heterocycles. The predicted octanol–water partition coefficient (Wildman–Crippen LogP) is 5.58. The van der Waals surface area contributed by atoms with Gasteiger partial charge in [0.05, 0.1) is 18.3 Å². The second kappa shape index (κ2) is 8.13. The van der Waals surface area contributed by atoms with Crippen molar-refractivity contribution in [2.75, 3.05) is 6.61 Å². The Hall–Kier alpha value is 0.314. The maximum Gasteiger partial charge on any atom is 0.173 e. The smallest absolute Gasteiger partial charge is 0.173 e. The summed E-state index contributed by atoms with van der Waals surface area (Å²) in [5.41, 5.74) is 0. The van der Waals surface area contributed by atoms with Crippen molar-refractivity contribution in [3.63, 3.8) is 0 Å². The van der Waals surface area contributed by atoms with Crippen LogP contribution in [-0.4, -0.2) is 41.6 Å². The van der Waals surface area contributed by atoms with Gasteiger partial charge in [0.1, 0.15) is 0 Å². The van der Waals surface area contributed by atoms with E-state index >= 15 is 0 Å². The van der Waals surface area contributed by atoms with E-state index in [9.17, 15) is 0 Å². The van der Waals surface area contributed by atoms with Crippen molar-refractivity contribution in [1.82, 2.24) is 0 Å². The Bertz CT molecular complexity index is 421. The molecule has 3 fully saturated rings. The third-order valence-electron chi connectivity index (χ3n) is 6.57. The zero-order chi connectivity index (χ0) is 18.1. The second-order valence-corrected chi connectivity index (χ2v) is 19.0. The van der Waals surface area contributed by atoms with Gasteiger partial charge >= 0.3 is 0 Å². The van der Waals surface area contributed by atoms with E-state index in [2.05, 4.69) is 33.1 Å². The van der Waals surface area contributed by atoms with E-state index in [-0.39, 0.29) is 0 Å².